The number of ether oxygens (including phenoxy) is 3. The number of carbonyl (C=O) groups excluding carboxylic acids is 2. The predicted molar refractivity (Wildman–Crippen MR) is 128 cm³/mol. The first-order valence-electron chi connectivity index (χ1n) is 9.24. The highest BCUT2D eigenvalue weighted by molar-refractivity contribution is 9.10. The van der Waals surface area contributed by atoms with Crippen LogP contribution in [0.1, 0.15) is 26.3 Å². The van der Waals surface area contributed by atoms with E-state index < -0.39 is 5.97 Å². The molecule has 7 nitrogen and oxygen atoms in total. The Morgan fingerprint density at radius 3 is 2.12 bits per heavy atom. The van der Waals surface area contributed by atoms with E-state index in [4.69, 9.17) is 14.2 Å². The third-order valence-corrected chi connectivity index (χ3v) is 5.29. The quantitative estimate of drug-likeness (QED) is 0.185. The van der Waals surface area contributed by atoms with E-state index in [1.807, 2.05) is 0 Å². The van der Waals surface area contributed by atoms with Crippen molar-refractivity contribution in [3.8, 4) is 17.2 Å². The fourth-order valence-electron chi connectivity index (χ4n) is 2.66. The number of hydrogen-bond acceptors (Lipinski definition) is 6. The van der Waals surface area contributed by atoms with Crippen LogP contribution >= 0.6 is 31.9 Å². The minimum absolute atomic E-state index is 0.273. The van der Waals surface area contributed by atoms with Crippen LogP contribution < -0.4 is 19.6 Å². The molecule has 0 bridgehead atoms. The molecule has 0 aliphatic carbocycles. The van der Waals surface area contributed by atoms with Crippen LogP contribution in [-0.2, 0) is 0 Å². The largest absolute Gasteiger partial charge is 0.493 e. The average Bonchev–Trinajstić information content (AvgIpc) is 2.80. The number of carbonyl (C=O) groups is 2. The van der Waals surface area contributed by atoms with Crippen LogP contribution in [0.15, 0.2) is 74.7 Å². The van der Waals surface area contributed by atoms with Crippen LogP contribution in [0.5, 0.6) is 17.2 Å². The maximum Gasteiger partial charge on any atom is 0.343 e. The molecule has 3 aromatic carbocycles. The fourth-order valence-corrected chi connectivity index (χ4v) is 3.30. The molecule has 0 aromatic heterocycles. The van der Waals surface area contributed by atoms with Gasteiger partial charge in [-0.3, -0.25) is 4.79 Å². The van der Waals surface area contributed by atoms with E-state index in [1.54, 1.807) is 54.6 Å². The number of halogens is 2. The van der Waals surface area contributed by atoms with Gasteiger partial charge in [0, 0.05) is 20.1 Å². The van der Waals surface area contributed by atoms with Crippen molar-refractivity contribution in [2.45, 2.75) is 0 Å². The van der Waals surface area contributed by atoms with E-state index in [-0.39, 0.29) is 17.2 Å². The number of rotatable bonds is 7. The zero-order valence-electron chi connectivity index (χ0n) is 17.1. The Morgan fingerprint density at radius 1 is 0.812 bits per heavy atom. The molecule has 0 aliphatic heterocycles. The van der Waals surface area contributed by atoms with Gasteiger partial charge in [0.2, 0.25) is 0 Å². The van der Waals surface area contributed by atoms with Gasteiger partial charge in [-0.25, -0.2) is 10.2 Å². The summed E-state index contributed by atoms with van der Waals surface area (Å²) in [5.74, 6) is 0.237. The third kappa shape index (κ3) is 5.95. The smallest absolute Gasteiger partial charge is 0.343 e. The van der Waals surface area contributed by atoms with Gasteiger partial charge >= 0.3 is 5.97 Å². The van der Waals surface area contributed by atoms with Crippen molar-refractivity contribution in [2.24, 2.45) is 5.10 Å². The van der Waals surface area contributed by atoms with Gasteiger partial charge < -0.3 is 14.2 Å². The van der Waals surface area contributed by atoms with E-state index in [9.17, 15) is 9.59 Å². The molecule has 0 fully saturated rings. The summed E-state index contributed by atoms with van der Waals surface area (Å²) in [5.41, 5.74) is 3.69. The van der Waals surface area contributed by atoms with Crippen molar-refractivity contribution in [2.75, 3.05) is 14.2 Å². The Labute approximate surface area is 201 Å². The van der Waals surface area contributed by atoms with Gasteiger partial charge in [-0.1, -0.05) is 31.9 Å². The normalized spacial score (nSPS) is 10.6. The fraction of sp³-hybridized carbons (Fsp3) is 0.0870. The van der Waals surface area contributed by atoms with E-state index >= 15 is 0 Å². The minimum atomic E-state index is -0.582. The van der Waals surface area contributed by atoms with Gasteiger partial charge in [-0.05, 0) is 60.7 Å². The SMILES string of the molecule is COc1ccc(C(=O)Oc2ccc(Br)cc2C=NNC(=O)c2ccc(Br)cc2)cc1OC. The van der Waals surface area contributed by atoms with Crippen LogP contribution in [0.2, 0.25) is 0 Å². The molecule has 1 amide bonds. The molecule has 0 aliphatic rings. The summed E-state index contributed by atoms with van der Waals surface area (Å²) in [4.78, 5) is 24.9. The Morgan fingerprint density at radius 2 is 1.44 bits per heavy atom. The molecule has 9 heteroatoms. The van der Waals surface area contributed by atoms with Crippen LogP contribution in [0.25, 0.3) is 0 Å². The minimum Gasteiger partial charge on any atom is -0.493 e. The highest BCUT2D eigenvalue weighted by Gasteiger charge is 2.15. The molecular weight excluding hydrogens is 544 g/mol. The molecule has 3 rings (SSSR count). The standard InChI is InChI=1S/C23H18Br2N2O5/c1-30-20-9-5-15(12-21(20)31-2)23(29)32-19-10-8-18(25)11-16(19)13-26-27-22(28)14-3-6-17(24)7-4-14/h3-13H,1-2H3,(H,27,28). The summed E-state index contributed by atoms with van der Waals surface area (Å²) in [5, 5.41) is 3.99. The topological polar surface area (TPSA) is 86.2 Å². The summed E-state index contributed by atoms with van der Waals surface area (Å²) in [6.45, 7) is 0. The number of benzene rings is 3. The predicted octanol–water partition coefficient (Wildman–Crippen LogP) is 5.21. The summed E-state index contributed by atoms with van der Waals surface area (Å²) in [7, 11) is 3.00. The second-order valence-electron chi connectivity index (χ2n) is 6.35. The van der Waals surface area contributed by atoms with Gasteiger partial charge in [-0.2, -0.15) is 5.10 Å². The van der Waals surface area contributed by atoms with Crippen LogP contribution in [0.3, 0.4) is 0 Å². The second kappa shape index (κ2) is 10.9. The lowest BCUT2D eigenvalue weighted by molar-refractivity contribution is 0.0733. The van der Waals surface area contributed by atoms with E-state index in [1.165, 1.54) is 26.5 Å². The van der Waals surface area contributed by atoms with Crippen molar-refractivity contribution in [1.82, 2.24) is 5.43 Å². The highest BCUT2D eigenvalue weighted by atomic mass is 79.9. The van der Waals surface area contributed by atoms with E-state index in [0.29, 0.717) is 22.6 Å². The second-order valence-corrected chi connectivity index (χ2v) is 8.18. The van der Waals surface area contributed by atoms with Gasteiger partial charge in [-0.15, -0.1) is 0 Å². The summed E-state index contributed by atoms with van der Waals surface area (Å²) in [6.07, 6.45) is 1.40. The number of methoxy groups -OCH3 is 2. The molecule has 0 saturated carbocycles. The van der Waals surface area contributed by atoms with Crippen LogP contribution in [0, 0.1) is 0 Å². The number of hydrazone groups is 1. The van der Waals surface area contributed by atoms with Crippen molar-refractivity contribution in [3.63, 3.8) is 0 Å². The summed E-state index contributed by atoms with van der Waals surface area (Å²) >= 11 is 6.71. The molecule has 0 heterocycles. The monoisotopic (exact) mass is 560 g/mol. The highest BCUT2D eigenvalue weighted by Crippen LogP contribution is 2.29. The first-order valence-corrected chi connectivity index (χ1v) is 10.8. The van der Waals surface area contributed by atoms with Crippen LogP contribution in [0.4, 0.5) is 0 Å². The molecule has 164 valence electrons. The zero-order chi connectivity index (χ0) is 23.1. The van der Waals surface area contributed by atoms with Gasteiger partial charge in [0.25, 0.3) is 5.91 Å². The molecule has 0 radical (unpaired) electrons. The summed E-state index contributed by atoms with van der Waals surface area (Å²) < 4.78 is 17.6. The Hall–Kier alpha value is -3.17. The lowest BCUT2D eigenvalue weighted by Crippen LogP contribution is -2.17. The third-order valence-electron chi connectivity index (χ3n) is 4.27. The number of esters is 1. The average molecular weight is 562 g/mol. The maximum absolute atomic E-state index is 12.7. The molecule has 0 spiro atoms. The van der Waals surface area contributed by atoms with Gasteiger partial charge in [0.1, 0.15) is 5.75 Å². The Kier molecular flexibility index (Phi) is 8.02. The molecule has 0 unspecified atom stereocenters. The lowest BCUT2D eigenvalue weighted by atomic mass is 10.2. The van der Waals surface area contributed by atoms with Crippen LogP contribution in [-0.4, -0.2) is 32.3 Å². The van der Waals surface area contributed by atoms with E-state index in [0.717, 1.165) is 8.95 Å². The molecule has 0 atom stereocenters. The number of nitrogens with one attached hydrogen (secondary N) is 1. The Balaban J connectivity index is 1.76. The molecule has 3 aromatic rings. The zero-order valence-corrected chi connectivity index (χ0v) is 20.3. The Bertz CT molecular complexity index is 1160. The summed E-state index contributed by atoms with van der Waals surface area (Å²) in [6, 6.07) is 16.7. The first kappa shape index (κ1) is 23.5. The van der Waals surface area contributed by atoms with Crippen molar-refractivity contribution in [3.05, 3.63) is 86.3 Å². The molecular formula is C23H18Br2N2O5. The maximum atomic E-state index is 12.7. The van der Waals surface area contributed by atoms with Gasteiger partial charge in [0.15, 0.2) is 11.5 Å². The molecule has 1 N–H and O–H groups in total. The number of amides is 1. The van der Waals surface area contributed by atoms with Crippen molar-refractivity contribution >= 4 is 50.0 Å². The number of hydrogen-bond donors (Lipinski definition) is 1. The first-order chi connectivity index (χ1) is 15.4. The molecule has 0 saturated heterocycles. The van der Waals surface area contributed by atoms with Crippen molar-refractivity contribution in [1.29, 1.82) is 0 Å². The van der Waals surface area contributed by atoms with E-state index in [2.05, 4.69) is 42.4 Å². The molecule has 32 heavy (non-hydrogen) atoms. The van der Waals surface area contributed by atoms with Gasteiger partial charge in [0.05, 0.1) is 26.0 Å². The lowest BCUT2D eigenvalue weighted by Gasteiger charge is -2.11. The van der Waals surface area contributed by atoms with Crippen molar-refractivity contribution < 1.29 is 23.8 Å². The number of nitrogens with zero attached hydrogens (tertiary/aromatic N) is 1.